The second kappa shape index (κ2) is 10.3. The fourth-order valence-electron chi connectivity index (χ4n) is 1.74. The number of ether oxygens (including phenoxy) is 3. The lowest BCUT2D eigenvalue weighted by Crippen LogP contribution is -2.35. The van der Waals surface area contributed by atoms with E-state index in [-0.39, 0.29) is 12.5 Å². The Hall–Kier alpha value is -0.690. The van der Waals surface area contributed by atoms with Gasteiger partial charge in [0, 0.05) is 13.7 Å². The maximum Gasteiger partial charge on any atom is 0.246 e. The SMILES string of the molecule is COCCOCC(=O)NCCOC1CCNCC1. The third kappa shape index (κ3) is 7.60. The van der Waals surface area contributed by atoms with E-state index in [1.807, 2.05) is 0 Å². The lowest BCUT2D eigenvalue weighted by Gasteiger charge is -2.22. The van der Waals surface area contributed by atoms with E-state index in [0.29, 0.717) is 32.5 Å². The van der Waals surface area contributed by atoms with Crippen LogP contribution in [-0.4, -0.2) is 65.2 Å². The molecule has 0 aliphatic carbocycles. The highest BCUT2D eigenvalue weighted by Gasteiger charge is 2.12. The van der Waals surface area contributed by atoms with Crippen molar-refractivity contribution in [2.75, 3.05) is 53.2 Å². The van der Waals surface area contributed by atoms with Gasteiger partial charge in [0.2, 0.25) is 5.91 Å². The van der Waals surface area contributed by atoms with E-state index >= 15 is 0 Å². The third-order valence-corrected chi connectivity index (χ3v) is 2.73. The summed E-state index contributed by atoms with van der Waals surface area (Å²) in [5, 5.41) is 6.03. The number of nitrogens with one attached hydrogen (secondary N) is 2. The molecule has 1 heterocycles. The van der Waals surface area contributed by atoms with Crippen LogP contribution < -0.4 is 10.6 Å². The number of rotatable bonds is 9. The van der Waals surface area contributed by atoms with Gasteiger partial charge in [-0.2, -0.15) is 0 Å². The van der Waals surface area contributed by atoms with Crippen LogP contribution in [0, 0.1) is 0 Å². The average molecular weight is 260 g/mol. The molecule has 1 amide bonds. The topological polar surface area (TPSA) is 68.8 Å². The van der Waals surface area contributed by atoms with Crippen molar-refractivity contribution in [1.29, 1.82) is 0 Å². The van der Waals surface area contributed by atoms with Crippen molar-refractivity contribution in [3.63, 3.8) is 0 Å². The molecule has 0 bridgehead atoms. The summed E-state index contributed by atoms with van der Waals surface area (Å²) in [5.74, 6) is -0.111. The summed E-state index contributed by atoms with van der Waals surface area (Å²) in [6.07, 6.45) is 2.43. The van der Waals surface area contributed by atoms with Gasteiger partial charge < -0.3 is 24.8 Å². The molecule has 1 rings (SSSR count). The lowest BCUT2D eigenvalue weighted by molar-refractivity contribution is -0.126. The Labute approximate surface area is 108 Å². The van der Waals surface area contributed by atoms with Crippen molar-refractivity contribution < 1.29 is 19.0 Å². The Kier molecular flexibility index (Phi) is 8.75. The first kappa shape index (κ1) is 15.4. The van der Waals surface area contributed by atoms with E-state index in [1.54, 1.807) is 7.11 Å². The summed E-state index contributed by atoms with van der Waals surface area (Å²) in [7, 11) is 1.60. The Balaban J connectivity index is 1.88. The summed E-state index contributed by atoms with van der Waals surface area (Å²) in [6, 6.07) is 0. The van der Waals surface area contributed by atoms with E-state index < -0.39 is 0 Å². The van der Waals surface area contributed by atoms with Crippen LogP contribution in [0.4, 0.5) is 0 Å². The third-order valence-electron chi connectivity index (χ3n) is 2.73. The summed E-state index contributed by atoms with van der Waals surface area (Å²) in [5.41, 5.74) is 0. The number of piperidine rings is 1. The highest BCUT2D eigenvalue weighted by atomic mass is 16.5. The number of hydrogen-bond donors (Lipinski definition) is 2. The van der Waals surface area contributed by atoms with Gasteiger partial charge in [0.05, 0.1) is 25.9 Å². The van der Waals surface area contributed by atoms with Gasteiger partial charge in [-0.15, -0.1) is 0 Å². The van der Waals surface area contributed by atoms with Gasteiger partial charge in [0.1, 0.15) is 6.61 Å². The van der Waals surface area contributed by atoms with E-state index in [9.17, 15) is 4.79 Å². The quantitative estimate of drug-likeness (QED) is 0.549. The zero-order valence-electron chi connectivity index (χ0n) is 11.1. The van der Waals surface area contributed by atoms with Crippen molar-refractivity contribution in [2.45, 2.75) is 18.9 Å². The molecule has 0 unspecified atom stereocenters. The highest BCUT2D eigenvalue weighted by Crippen LogP contribution is 2.06. The minimum absolute atomic E-state index is 0.0801. The molecule has 0 radical (unpaired) electrons. The Morgan fingerprint density at radius 3 is 2.78 bits per heavy atom. The normalized spacial score (nSPS) is 16.7. The molecule has 2 N–H and O–H groups in total. The van der Waals surface area contributed by atoms with Gasteiger partial charge in [-0.05, 0) is 25.9 Å². The molecular formula is C12H24N2O4. The fourth-order valence-corrected chi connectivity index (χ4v) is 1.74. The predicted molar refractivity (Wildman–Crippen MR) is 67.5 cm³/mol. The summed E-state index contributed by atoms with van der Waals surface area (Å²) in [4.78, 5) is 11.3. The zero-order valence-corrected chi connectivity index (χ0v) is 11.1. The van der Waals surface area contributed by atoms with Crippen LogP contribution >= 0.6 is 0 Å². The van der Waals surface area contributed by atoms with Gasteiger partial charge in [0.25, 0.3) is 0 Å². The largest absolute Gasteiger partial charge is 0.382 e. The minimum atomic E-state index is -0.111. The molecule has 0 spiro atoms. The average Bonchev–Trinajstić information content (AvgIpc) is 2.41. The van der Waals surface area contributed by atoms with Crippen LogP contribution in [0.15, 0.2) is 0 Å². The van der Waals surface area contributed by atoms with Crippen molar-refractivity contribution in [3.05, 3.63) is 0 Å². The molecule has 0 aromatic heterocycles. The molecule has 0 aromatic rings. The van der Waals surface area contributed by atoms with Crippen LogP contribution in [0.3, 0.4) is 0 Å². The van der Waals surface area contributed by atoms with Gasteiger partial charge in [-0.25, -0.2) is 0 Å². The molecule has 1 aliphatic rings. The molecule has 1 saturated heterocycles. The monoisotopic (exact) mass is 260 g/mol. The van der Waals surface area contributed by atoms with Crippen LogP contribution in [0.5, 0.6) is 0 Å². The highest BCUT2D eigenvalue weighted by molar-refractivity contribution is 5.77. The molecule has 0 aromatic carbocycles. The molecule has 0 saturated carbocycles. The summed E-state index contributed by atoms with van der Waals surface area (Å²) < 4.78 is 15.6. The molecular weight excluding hydrogens is 236 g/mol. The Morgan fingerprint density at radius 1 is 1.28 bits per heavy atom. The zero-order chi connectivity index (χ0) is 13.1. The van der Waals surface area contributed by atoms with Gasteiger partial charge >= 0.3 is 0 Å². The first-order chi connectivity index (χ1) is 8.83. The van der Waals surface area contributed by atoms with E-state index in [0.717, 1.165) is 25.9 Å². The standard InChI is InChI=1S/C12H24N2O4/c1-16-8-9-17-10-12(15)14-6-7-18-11-2-4-13-5-3-11/h11,13H,2-10H2,1H3,(H,14,15). The number of methoxy groups -OCH3 is 1. The first-order valence-electron chi connectivity index (χ1n) is 6.48. The number of carbonyl (C=O) groups excluding carboxylic acids is 1. The fraction of sp³-hybridized carbons (Fsp3) is 0.917. The molecule has 18 heavy (non-hydrogen) atoms. The first-order valence-corrected chi connectivity index (χ1v) is 6.48. The number of carbonyl (C=O) groups is 1. The number of hydrogen-bond acceptors (Lipinski definition) is 5. The van der Waals surface area contributed by atoms with Gasteiger partial charge in [-0.1, -0.05) is 0 Å². The van der Waals surface area contributed by atoms with Crippen molar-refractivity contribution in [1.82, 2.24) is 10.6 Å². The van der Waals surface area contributed by atoms with Crippen molar-refractivity contribution in [3.8, 4) is 0 Å². The summed E-state index contributed by atoms with van der Waals surface area (Å²) >= 11 is 0. The maximum atomic E-state index is 11.3. The molecule has 6 nitrogen and oxygen atoms in total. The van der Waals surface area contributed by atoms with E-state index in [1.165, 1.54) is 0 Å². The molecule has 1 fully saturated rings. The van der Waals surface area contributed by atoms with Crippen LogP contribution in [-0.2, 0) is 19.0 Å². The molecule has 0 atom stereocenters. The smallest absolute Gasteiger partial charge is 0.246 e. The second-order valence-electron chi connectivity index (χ2n) is 4.22. The Bertz CT molecular complexity index is 220. The molecule has 106 valence electrons. The van der Waals surface area contributed by atoms with Crippen LogP contribution in [0.1, 0.15) is 12.8 Å². The second-order valence-corrected chi connectivity index (χ2v) is 4.22. The van der Waals surface area contributed by atoms with Gasteiger partial charge in [0.15, 0.2) is 0 Å². The number of amides is 1. The van der Waals surface area contributed by atoms with Gasteiger partial charge in [-0.3, -0.25) is 4.79 Å². The maximum absolute atomic E-state index is 11.3. The van der Waals surface area contributed by atoms with Crippen LogP contribution in [0.25, 0.3) is 0 Å². The minimum Gasteiger partial charge on any atom is -0.382 e. The van der Waals surface area contributed by atoms with E-state index in [2.05, 4.69) is 10.6 Å². The molecule has 6 heteroatoms. The predicted octanol–water partition coefficient (Wildman–Crippen LogP) is -0.466. The van der Waals surface area contributed by atoms with Crippen molar-refractivity contribution >= 4 is 5.91 Å². The van der Waals surface area contributed by atoms with Crippen molar-refractivity contribution in [2.24, 2.45) is 0 Å². The summed E-state index contributed by atoms with van der Waals surface area (Å²) in [6.45, 7) is 4.16. The Morgan fingerprint density at radius 2 is 2.06 bits per heavy atom. The van der Waals surface area contributed by atoms with Crippen LogP contribution in [0.2, 0.25) is 0 Å². The van der Waals surface area contributed by atoms with E-state index in [4.69, 9.17) is 14.2 Å². The molecule has 1 aliphatic heterocycles. The lowest BCUT2D eigenvalue weighted by atomic mass is 10.1.